The van der Waals surface area contributed by atoms with Gasteiger partial charge >= 0.3 is 5.97 Å². The zero-order valence-electron chi connectivity index (χ0n) is 12.9. The summed E-state index contributed by atoms with van der Waals surface area (Å²) in [5.41, 5.74) is 1.67. The summed E-state index contributed by atoms with van der Waals surface area (Å²) in [4.78, 5) is 25.1. The van der Waals surface area contributed by atoms with Crippen LogP contribution in [-0.4, -0.2) is 24.5 Å². The summed E-state index contributed by atoms with van der Waals surface area (Å²) in [6, 6.07) is 4.15. The molecule has 0 bridgehead atoms. The second-order valence-corrected chi connectivity index (χ2v) is 7.43. The number of H-pyrrole nitrogens is 1. The molecule has 0 fully saturated rings. The third-order valence-corrected chi connectivity index (χ3v) is 5.50. The van der Waals surface area contributed by atoms with E-state index in [1.54, 1.807) is 6.92 Å². The summed E-state index contributed by atoms with van der Waals surface area (Å²) in [6.45, 7) is 1.57. The Balaban J connectivity index is 2.08. The summed E-state index contributed by atoms with van der Waals surface area (Å²) in [7, 11) is -3.96. The first-order valence-corrected chi connectivity index (χ1v) is 8.87. The Morgan fingerprint density at radius 3 is 2.67 bits per heavy atom. The molecular weight excluding hydrogens is 332 g/mol. The van der Waals surface area contributed by atoms with Gasteiger partial charge in [-0.3, -0.25) is 9.52 Å². The van der Waals surface area contributed by atoms with Crippen LogP contribution < -0.4 is 10.3 Å². The van der Waals surface area contributed by atoms with Gasteiger partial charge in [0.1, 0.15) is 0 Å². The fraction of sp³-hybridized carbons (Fsp3) is 0.250. The number of pyridine rings is 1. The zero-order chi connectivity index (χ0) is 17.5. The molecule has 8 heteroatoms. The van der Waals surface area contributed by atoms with Crippen LogP contribution in [0, 0.1) is 6.92 Å². The summed E-state index contributed by atoms with van der Waals surface area (Å²) in [5.74, 6) is -1.17. The fourth-order valence-electron chi connectivity index (χ4n) is 2.90. The molecule has 0 saturated carbocycles. The number of hydrogen-bond acceptors (Lipinski definition) is 4. The first-order chi connectivity index (χ1) is 11.3. The number of fused-ring (bicyclic) bond motifs is 1. The highest BCUT2D eigenvalue weighted by Gasteiger charge is 2.26. The Morgan fingerprint density at radius 1 is 1.25 bits per heavy atom. The van der Waals surface area contributed by atoms with Crippen molar-refractivity contribution in [2.75, 3.05) is 4.72 Å². The van der Waals surface area contributed by atoms with Crippen LogP contribution in [0.3, 0.4) is 0 Å². The predicted octanol–water partition coefficient (Wildman–Crippen LogP) is 1.67. The molecule has 1 aromatic heterocycles. The van der Waals surface area contributed by atoms with E-state index in [1.165, 1.54) is 24.4 Å². The minimum atomic E-state index is -3.96. The number of benzene rings is 1. The van der Waals surface area contributed by atoms with Crippen LogP contribution in [-0.2, 0) is 22.9 Å². The van der Waals surface area contributed by atoms with Crippen molar-refractivity contribution in [3.63, 3.8) is 0 Å². The molecule has 0 unspecified atom stereocenters. The number of aromatic nitrogens is 1. The molecule has 0 aliphatic heterocycles. The van der Waals surface area contributed by atoms with Gasteiger partial charge in [-0.1, -0.05) is 0 Å². The topological polar surface area (TPSA) is 116 Å². The maximum atomic E-state index is 12.7. The van der Waals surface area contributed by atoms with Gasteiger partial charge in [0.25, 0.3) is 15.6 Å². The molecule has 1 aliphatic carbocycles. The lowest BCUT2D eigenvalue weighted by molar-refractivity contribution is 0.0696. The molecule has 0 atom stereocenters. The molecule has 24 heavy (non-hydrogen) atoms. The van der Waals surface area contributed by atoms with E-state index in [9.17, 15) is 23.1 Å². The number of hydrogen-bond donors (Lipinski definition) is 3. The van der Waals surface area contributed by atoms with E-state index < -0.39 is 16.0 Å². The average Bonchev–Trinajstić information content (AvgIpc) is 2.97. The molecule has 3 N–H and O–H groups in total. The highest BCUT2D eigenvalue weighted by molar-refractivity contribution is 7.92. The van der Waals surface area contributed by atoms with Crippen molar-refractivity contribution in [3.05, 3.63) is 57.0 Å². The molecule has 1 aliphatic rings. The molecule has 0 spiro atoms. The van der Waals surface area contributed by atoms with E-state index >= 15 is 0 Å². The van der Waals surface area contributed by atoms with Gasteiger partial charge in [0, 0.05) is 11.8 Å². The van der Waals surface area contributed by atoms with Crippen molar-refractivity contribution >= 4 is 21.7 Å². The third kappa shape index (κ3) is 2.92. The van der Waals surface area contributed by atoms with Crippen molar-refractivity contribution in [1.29, 1.82) is 0 Å². The fourth-order valence-corrected chi connectivity index (χ4v) is 4.27. The minimum Gasteiger partial charge on any atom is -0.478 e. The lowest BCUT2D eigenvalue weighted by Crippen LogP contribution is -2.18. The Labute approximate surface area is 138 Å². The van der Waals surface area contributed by atoms with E-state index in [0.717, 1.165) is 12.0 Å². The molecule has 0 radical (unpaired) electrons. The van der Waals surface area contributed by atoms with Crippen LogP contribution in [0.2, 0.25) is 0 Å². The number of carboxylic acid groups (broad SMARTS) is 1. The van der Waals surface area contributed by atoms with E-state index in [-0.39, 0.29) is 21.7 Å². The molecule has 3 rings (SSSR count). The SMILES string of the molecule is Cc1cc(NS(=O)(=O)c2cc(C(=O)O)cc3c2CCC3)c[nH]c1=O. The number of carbonyl (C=O) groups is 1. The maximum absolute atomic E-state index is 12.7. The standard InChI is InChI=1S/C16H16N2O5S/c1-9-5-12(8-17-15(9)19)18-24(22,23)14-7-11(16(20)21)6-10-3-2-4-13(10)14/h5-8,18H,2-4H2,1H3,(H,17,19)(H,20,21). The summed E-state index contributed by atoms with van der Waals surface area (Å²) in [6.07, 6.45) is 3.32. The molecule has 126 valence electrons. The third-order valence-electron chi connectivity index (χ3n) is 4.05. The molecule has 0 saturated heterocycles. The monoisotopic (exact) mass is 348 g/mol. The van der Waals surface area contributed by atoms with E-state index in [0.29, 0.717) is 24.0 Å². The largest absolute Gasteiger partial charge is 0.478 e. The van der Waals surface area contributed by atoms with Crippen LogP contribution in [0.5, 0.6) is 0 Å². The molecule has 7 nitrogen and oxygen atoms in total. The van der Waals surface area contributed by atoms with Crippen molar-refractivity contribution < 1.29 is 18.3 Å². The predicted molar refractivity (Wildman–Crippen MR) is 88.0 cm³/mol. The first-order valence-electron chi connectivity index (χ1n) is 7.39. The van der Waals surface area contributed by atoms with Crippen LogP contribution >= 0.6 is 0 Å². The molecular formula is C16H16N2O5S. The number of rotatable bonds is 4. The number of aromatic amines is 1. The van der Waals surface area contributed by atoms with Crippen LogP contribution in [0.1, 0.15) is 33.5 Å². The van der Waals surface area contributed by atoms with Gasteiger partial charge < -0.3 is 10.1 Å². The second-order valence-electron chi connectivity index (χ2n) is 5.78. The summed E-state index contributed by atoms with van der Waals surface area (Å²) in [5, 5.41) is 9.21. The van der Waals surface area contributed by atoms with Crippen molar-refractivity contribution in [2.24, 2.45) is 0 Å². The van der Waals surface area contributed by atoms with Gasteiger partial charge in [0.15, 0.2) is 0 Å². The second kappa shape index (κ2) is 5.79. The smallest absolute Gasteiger partial charge is 0.335 e. The van der Waals surface area contributed by atoms with Gasteiger partial charge in [-0.05, 0) is 55.5 Å². The van der Waals surface area contributed by atoms with Gasteiger partial charge in [-0.15, -0.1) is 0 Å². The highest BCUT2D eigenvalue weighted by atomic mass is 32.2. The molecule has 2 aromatic rings. The van der Waals surface area contributed by atoms with Crippen molar-refractivity contribution in [1.82, 2.24) is 4.98 Å². The van der Waals surface area contributed by atoms with E-state index in [4.69, 9.17) is 0 Å². The summed E-state index contributed by atoms with van der Waals surface area (Å²) >= 11 is 0. The lowest BCUT2D eigenvalue weighted by atomic mass is 10.1. The highest BCUT2D eigenvalue weighted by Crippen LogP contribution is 2.31. The van der Waals surface area contributed by atoms with Crippen LogP contribution in [0.4, 0.5) is 5.69 Å². The Hall–Kier alpha value is -2.61. The Bertz CT molecular complexity index is 992. The summed E-state index contributed by atoms with van der Waals surface area (Å²) < 4.78 is 27.9. The molecule has 1 heterocycles. The Kier molecular flexibility index (Phi) is 3.92. The van der Waals surface area contributed by atoms with Gasteiger partial charge in [0.2, 0.25) is 0 Å². The number of aryl methyl sites for hydroxylation is 2. The number of sulfonamides is 1. The lowest BCUT2D eigenvalue weighted by Gasteiger charge is -2.13. The van der Waals surface area contributed by atoms with Crippen molar-refractivity contribution in [3.8, 4) is 0 Å². The van der Waals surface area contributed by atoms with Gasteiger partial charge in [-0.25, -0.2) is 13.2 Å². The number of anilines is 1. The zero-order valence-corrected chi connectivity index (χ0v) is 13.7. The van der Waals surface area contributed by atoms with E-state index in [1.807, 2.05) is 0 Å². The molecule has 1 aromatic carbocycles. The van der Waals surface area contributed by atoms with Gasteiger partial charge in [0.05, 0.1) is 16.1 Å². The number of nitrogens with one attached hydrogen (secondary N) is 2. The van der Waals surface area contributed by atoms with E-state index in [2.05, 4.69) is 9.71 Å². The molecule has 0 amide bonds. The number of aromatic carboxylic acids is 1. The normalized spacial score (nSPS) is 13.5. The Morgan fingerprint density at radius 2 is 2.00 bits per heavy atom. The average molecular weight is 348 g/mol. The van der Waals surface area contributed by atoms with Crippen molar-refractivity contribution in [2.45, 2.75) is 31.1 Å². The quantitative estimate of drug-likeness (QED) is 0.777. The first kappa shape index (κ1) is 16.3. The van der Waals surface area contributed by atoms with Gasteiger partial charge in [-0.2, -0.15) is 0 Å². The van der Waals surface area contributed by atoms with Crippen LogP contribution in [0.15, 0.2) is 34.1 Å². The maximum Gasteiger partial charge on any atom is 0.335 e. The minimum absolute atomic E-state index is 0.0150. The number of carboxylic acids is 1. The van der Waals surface area contributed by atoms with Crippen LogP contribution in [0.25, 0.3) is 0 Å².